The number of amides is 1. The first-order valence-corrected chi connectivity index (χ1v) is 8.89. The zero-order chi connectivity index (χ0) is 19.3. The third-order valence-corrected chi connectivity index (χ3v) is 4.24. The molecule has 1 fully saturated rings. The normalized spacial score (nSPS) is 16.6. The molecule has 0 spiro atoms. The summed E-state index contributed by atoms with van der Waals surface area (Å²) in [5.74, 6) is 0.647. The number of piperazine rings is 1. The summed E-state index contributed by atoms with van der Waals surface area (Å²) in [5.41, 5.74) is 14.7. The molecule has 1 aromatic rings. The highest BCUT2D eigenvalue weighted by atomic mass is 16.6. The fourth-order valence-electron chi connectivity index (χ4n) is 2.84. The van der Waals surface area contributed by atoms with Crippen molar-refractivity contribution < 1.29 is 9.53 Å². The topological polar surface area (TPSA) is 84.8 Å². The molecule has 0 atom stereocenters. The van der Waals surface area contributed by atoms with E-state index in [-0.39, 0.29) is 6.09 Å². The van der Waals surface area contributed by atoms with E-state index >= 15 is 0 Å². The number of allylic oxidation sites excluding steroid dienone is 2. The van der Waals surface area contributed by atoms with E-state index in [1.54, 1.807) is 11.1 Å². The Hall–Kier alpha value is -2.63. The standard InChI is InChI=1S/C20H30N4O2/c1-15-7-5-6-8-17(15)16(14-21)13-18(22)23-9-11-24(12-10-23)19(25)26-20(2,3)4/h5-8,13-14H,9-12,21-22H2,1-4H3/b16-14+,18-13+. The lowest BCUT2D eigenvalue weighted by atomic mass is 10.0. The molecule has 0 radical (unpaired) electrons. The average Bonchev–Trinajstić information content (AvgIpc) is 2.59. The van der Waals surface area contributed by atoms with Crippen LogP contribution < -0.4 is 11.5 Å². The summed E-state index contributed by atoms with van der Waals surface area (Å²) in [7, 11) is 0. The van der Waals surface area contributed by atoms with Crippen molar-refractivity contribution in [2.24, 2.45) is 11.5 Å². The Morgan fingerprint density at radius 3 is 2.23 bits per heavy atom. The lowest BCUT2D eigenvalue weighted by molar-refractivity contribution is 0.0168. The molecule has 0 bridgehead atoms. The van der Waals surface area contributed by atoms with E-state index < -0.39 is 5.60 Å². The monoisotopic (exact) mass is 358 g/mol. The van der Waals surface area contributed by atoms with Crippen LogP contribution in [0.5, 0.6) is 0 Å². The van der Waals surface area contributed by atoms with Crippen LogP contribution >= 0.6 is 0 Å². The van der Waals surface area contributed by atoms with Crippen molar-refractivity contribution in [2.45, 2.75) is 33.3 Å². The molecule has 1 saturated heterocycles. The summed E-state index contributed by atoms with van der Waals surface area (Å²) in [6.45, 7) is 10.1. The minimum absolute atomic E-state index is 0.276. The van der Waals surface area contributed by atoms with E-state index in [9.17, 15) is 4.79 Å². The van der Waals surface area contributed by atoms with Crippen molar-refractivity contribution in [3.8, 4) is 0 Å². The molecule has 26 heavy (non-hydrogen) atoms. The largest absolute Gasteiger partial charge is 0.444 e. The second-order valence-electron chi connectivity index (χ2n) is 7.46. The molecule has 1 aromatic carbocycles. The molecule has 2 rings (SSSR count). The van der Waals surface area contributed by atoms with Gasteiger partial charge in [-0.3, -0.25) is 0 Å². The molecule has 0 aliphatic carbocycles. The van der Waals surface area contributed by atoms with Crippen LogP contribution in [0.3, 0.4) is 0 Å². The Labute approximate surface area is 156 Å². The Bertz CT molecular complexity index is 696. The van der Waals surface area contributed by atoms with E-state index in [0.29, 0.717) is 32.0 Å². The molecule has 142 valence electrons. The summed E-state index contributed by atoms with van der Waals surface area (Å²) in [6.07, 6.45) is 3.19. The van der Waals surface area contributed by atoms with Crippen molar-refractivity contribution >= 4 is 11.7 Å². The number of hydrogen-bond donors (Lipinski definition) is 2. The second-order valence-corrected chi connectivity index (χ2v) is 7.46. The second kappa shape index (κ2) is 8.17. The molecule has 6 heteroatoms. The average molecular weight is 358 g/mol. The number of benzene rings is 1. The van der Waals surface area contributed by atoms with Gasteiger partial charge >= 0.3 is 6.09 Å². The van der Waals surface area contributed by atoms with Crippen LogP contribution in [0.25, 0.3) is 5.57 Å². The van der Waals surface area contributed by atoms with Gasteiger partial charge in [0, 0.05) is 38.0 Å². The molecule has 1 amide bonds. The number of rotatable bonds is 3. The van der Waals surface area contributed by atoms with Crippen LogP contribution in [0.15, 0.2) is 42.4 Å². The Balaban J connectivity index is 2.01. The Morgan fingerprint density at radius 2 is 1.69 bits per heavy atom. The fourth-order valence-corrected chi connectivity index (χ4v) is 2.84. The van der Waals surface area contributed by atoms with Gasteiger partial charge in [0.25, 0.3) is 0 Å². The van der Waals surface area contributed by atoms with E-state index in [2.05, 4.69) is 4.90 Å². The zero-order valence-corrected chi connectivity index (χ0v) is 16.2. The maximum absolute atomic E-state index is 12.2. The minimum atomic E-state index is -0.485. The molecule has 6 nitrogen and oxygen atoms in total. The van der Waals surface area contributed by atoms with Gasteiger partial charge in [-0.1, -0.05) is 24.3 Å². The molecule has 0 unspecified atom stereocenters. The summed E-state index contributed by atoms with van der Waals surface area (Å²) in [4.78, 5) is 15.9. The van der Waals surface area contributed by atoms with E-state index in [1.165, 1.54) is 0 Å². The highest BCUT2D eigenvalue weighted by Crippen LogP contribution is 2.21. The molecule has 1 aliphatic rings. The Morgan fingerprint density at radius 1 is 1.12 bits per heavy atom. The number of aryl methyl sites for hydroxylation is 1. The molecule has 0 aromatic heterocycles. The summed E-state index contributed by atoms with van der Waals surface area (Å²) in [6, 6.07) is 8.05. The van der Waals surface area contributed by atoms with Gasteiger partial charge in [-0.2, -0.15) is 0 Å². The summed E-state index contributed by atoms with van der Waals surface area (Å²) in [5, 5.41) is 0. The number of nitrogens with zero attached hydrogens (tertiary/aromatic N) is 2. The number of carbonyl (C=O) groups excluding carboxylic acids is 1. The van der Waals surface area contributed by atoms with E-state index in [4.69, 9.17) is 16.2 Å². The van der Waals surface area contributed by atoms with Crippen molar-refractivity contribution in [3.63, 3.8) is 0 Å². The van der Waals surface area contributed by atoms with E-state index in [1.807, 2.05) is 58.0 Å². The highest BCUT2D eigenvalue weighted by molar-refractivity contribution is 5.76. The number of nitrogens with two attached hydrogens (primary N) is 2. The highest BCUT2D eigenvalue weighted by Gasteiger charge is 2.26. The van der Waals surface area contributed by atoms with Crippen molar-refractivity contribution in [3.05, 3.63) is 53.5 Å². The van der Waals surface area contributed by atoms with Crippen LogP contribution in [0.2, 0.25) is 0 Å². The summed E-state index contributed by atoms with van der Waals surface area (Å²) < 4.78 is 5.42. The minimum Gasteiger partial charge on any atom is -0.444 e. The third kappa shape index (κ3) is 5.18. The number of carbonyl (C=O) groups is 1. The fraction of sp³-hybridized carbons (Fsp3) is 0.450. The van der Waals surface area contributed by atoms with Crippen LogP contribution in [0.4, 0.5) is 4.79 Å². The molecule has 1 heterocycles. The lowest BCUT2D eigenvalue weighted by Crippen LogP contribution is -2.50. The first kappa shape index (κ1) is 19.7. The van der Waals surface area contributed by atoms with Gasteiger partial charge < -0.3 is 26.0 Å². The van der Waals surface area contributed by atoms with Gasteiger partial charge in [0.15, 0.2) is 0 Å². The van der Waals surface area contributed by atoms with Crippen molar-refractivity contribution in [2.75, 3.05) is 26.2 Å². The zero-order valence-electron chi connectivity index (χ0n) is 16.2. The smallest absolute Gasteiger partial charge is 0.410 e. The quantitative estimate of drug-likeness (QED) is 0.812. The molecule has 4 N–H and O–H groups in total. The predicted molar refractivity (Wildman–Crippen MR) is 105 cm³/mol. The number of hydrogen-bond acceptors (Lipinski definition) is 5. The van der Waals surface area contributed by atoms with Crippen molar-refractivity contribution in [1.82, 2.24) is 9.80 Å². The SMILES string of the molecule is Cc1ccccc1C(=C/N)/C=C(\N)N1CCN(C(=O)OC(C)(C)C)CC1. The number of ether oxygens (including phenoxy) is 1. The molecular weight excluding hydrogens is 328 g/mol. The summed E-state index contributed by atoms with van der Waals surface area (Å²) >= 11 is 0. The van der Waals surface area contributed by atoms with Crippen LogP contribution in [-0.4, -0.2) is 47.7 Å². The Kier molecular flexibility index (Phi) is 6.18. The van der Waals surface area contributed by atoms with Crippen LogP contribution in [0.1, 0.15) is 31.9 Å². The van der Waals surface area contributed by atoms with Crippen molar-refractivity contribution in [1.29, 1.82) is 0 Å². The third-order valence-electron chi connectivity index (χ3n) is 4.24. The van der Waals surface area contributed by atoms with E-state index in [0.717, 1.165) is 16.7 Å². The van der Waals surface area contributed by atoms with Gasteiger partial charge in [0.2, 0.25) is 0 Å². The maximum Gasteiger partial charge on any atom is 0.410 e. The van der Waals surface area contributed by atoms with Crippen LogP contribution in [0, 0.1) is 6.92 Å². The molecule has 0 saturated carbocycles. The van der Waals surface area contributed by atoms with Gasteiger partial charge in [-0.05, 0) is 44.9 Å². The molecule has 1 aliphatic heterocycles. The van der Waals surface area contributed by atoms with Gasteiger partial charge in [-0.15, -0.1) is 0 Å². The van der Waals surface area contributed by atoms with Gasteiger partial charge in [0.1, 0.15) is 5.60 Å². The van der Waals surface area contributed by atoms with Gasteiger partial charge in [0.05, 0.1) is 5.82 Å². The van der Waals surface area contributed by atoms with Crippen LogP contribution in [-0.2, 0) is 4.74 Å². The first-order valence-electron chi connectivity index (χ1n) is 8.89. The van der Waals surface area contributed by atoms with Gasteiger partial charge in [-0.25, -0.2) is 4.79 Å². The lowest BCUT2D eigenvalue weighted by Gasteiger charge is -2.36. The molecular formula is C20H30N4O2. The predicted octanol–water partition coefficient (Wildman–Crippen LogP) is 2.65. The first-order chi connectivity index (χ1) is 12.2. The maximum atomic E-state index is 12.2.